The fourth-order valence-corrected chi connectivity index (χ4v) is 2.31. The van der Waals surface area contributed by atoms with Crippen molar-refractivity contribution in [2.45, 2.75) is 12.8 Å². The highest BCUT2D eigenvalue weighted by molar-refractivity contribution is 5.55. The average Bonchev–Trinajstić information content (AvgIpc) is 2.47. The van der Waals surface area contributed by atoms with Crippen molar-refractivity contribution in [3.05, 3.63) is 22.2 Å². The molecule has 1 aromatic rings. The van der Waals surface area contributed by atoms with Crippen LogP contribution in [-0.4, -0.2) is 36.7 Å². The third kappa shape index (κ3) is 3.55. The van der Waals surface area contributed by atoms with Gasteiger partial charge in [0.15, 0.2) is 0 Å². The molecular weight excluding hydrogens is 262 g/mol. The number of hydrogen-bond acceptors (Lipinski definition) is 7. The van der Waals surface area contributed by atoms with Crippen LogP contribution < -0.4 is 16.2 Å². The lowest BCUT2D eigenvalue weighted by Crippen LogP contribution is -2.31. The van der Waals surface area contributed by atoms with Crippen LogP contribution in [0.4, 0.5) is 17.3 Å². The minimum atomic E-state index is -0.455. The maximum Gasteiger partial charge on any atom is 0.276 e. The van der Waals surface area contributed by atoms with E-state index in [-0.39, 0.29) is 11.5 Å². The predicted molar refractivity (Wildman–Crippen MR) is 75.5 cm³/mol. The maximum absolute atomic E-state index is 10.9. The average molecular weight is 281 g/mol. The third-order valence-electron chi connectivity index (χ3n) is 3.33. The molecule has 0 aliphatic carbocycles. The lowest BCUT2D eigenvalue weighted by molar-refractivity contribution is -0.384. The van der Waals surface area contributed by atoms with Crippen LogP contribution in [0.3, 0.4) is 0 Å². The number of nitrogens with one attached hydrogen (secondary N) is 1. The molecule has 2 heterocycles. The van der Waals surface area contributed by atoms with Crippen molar-refractivity contribution in [1.29, 1.82) is 0 Å². The Bertz CT molecular complexity index is 476. The lowest BCUT2D eigenvalue weighted by atomic mass is 10.0. The van der Waals surface area contributed by atoms with E-state index in [1.807, 2.05) is 11.9 Å². The molecule has 2 rings (SSSR count). The number of hydrogen-bond donors (Lipinski definition) is 2. The minimum Gasteiger partial charge on any atom is -0.381 e. The first-order valence-corrected chi connectivity index (χ1v) is 6.52. The molecule has 0 bridgehead atoms. The zero-order valence-corrected chi connectivity index (χ0v) is 11.4. The zero-order chi connectivity index (χ0) is 14.5. The first-order chi connectivity index (χ1) is 9.60. The smallest absolute Gasteiger partial charge is 0.276 e. The van der Waals surface area contributed by atoms with Crippen molar-refractivity contribution in [2.24, 2.45) is 11.8 Å². The Hall–Kier alpha value is -1.93. The number of pyridine rings is 1. The van der Waals surface area contributed by atoms with E-state index < -0.39 is 4.92 Å². The van der Waals surface area contributed by atoms with Crippen molar-refractivity contribution in [1.82, 2.24) is 4.98 Å². The van der Waals surface area contributed by atoms with E-state index in [4.69, 9.17) is 10.6 Å². The van der Waals surface area contributed by atoms with Crippen molar-refractivity contribution < 1.29 is 9.66 Å². The fraction of sp³-hybridized carbons (Fsp3) is 0.583. The van der Waals surface area contributed by atoms with Gasteiger partial charge in [0.05, 0.1) is 23.7 Å². The monoisotopic (exact) mass is 281 g/mol. The Morgan fingerprint density at radius 2 is 2.45 bits per heavy atom. The quantitative estimate of drug-likeness (QED) is 0.473. The molecule has 1 aliphatic rings. The van der Waals surface area contributed by atoms with Gasteiger partial charge in [-0.1, -0.05) is 0 Å². The van der Waals surface area contributed by atoms with Gasteiger partial charge >= 0.3 is 0 Å². The lowest BCUT2D eigenvalue weighted by Gasteiger charge is -2.27. The molecule has 0 aromatic carbocycles. The molecule has 1 aliphatic heterocycles. The molecule has 0 amide bonds. The first-order valence-electron chi connectivity index (χ1n) is 6.52. The number of rotatable bonds is 5. The fourth-order valence-electron chi connectivity index (χ4n) is 2.31. The second-order valence-electron chi connectivity index (χ2n) is 4.93. The molecule has 8 nitrogen and oxygen atoms in total. The van der Waals surface area contributed by atoms with Gasteiger partial charge in [-0.3, -0.25) is 10.1 Å². The number of ether oxygens (including phenoxy) is 1. The van der Waals surface area contributed by atoms with Gasteiger partial charge in [-0.05, 0) is 18.8 Å². The van der Waals surface area contributed by atoms with Crippen LogP contribution in [0.1, 0.15) is 12.8 Å². The van der Waals surface area contributed by atoms with E-state index in [1.165, 1.54) is 12.1 Å². The van der Waals surface area contributed by atoms with E-state index in [0.29, 0.717) is 11.7 Å². The maximum atomic E-state index is 10.9. The Morgan fingerprint density at radius 1 is 1.65 bits per heavy atom. The van der Waals surface area contributed by atoms with Gasteiger partial charge in [0, 0.05) is 20.2 Å². The number of nitro groups is 1. The summed E-state index contributed by atoms with van der Waals surface area (Å²) in [5.41, 5.74) is 2.32. The normalized spacial score (nSPS) is 18.6. The highest BCUT2D eigenvalue weighted by Gasteiger charge is 2.19. The Kier molecular flexibility index (Phi) is 4.70. The number of anilines is 2. The van der Waals surface area contributed by atoms with Gasteiger partial charge in [-0.25, -0.2) is 10.8 Å². The second-order valence-corrected chi connectivity index (χ2v) is 4.93. The molecule has 8 heteroatoms. The van der Waals surface area contributed by atoms with E-state index in [0.717, 1.165) is 32.6 Å². The summed E-state index contributed by atoms with van der Waals surface area (Å²) < 4.78 is 5.44. The van der Waals surface area contributed by atoms with Crippen LogP contribution in [-0.2, 0) is 4.74 Å². The van der Waals surface area contributed by atoms with E-state index in [9.17, 15) is 10.1 Å². The number of nitrogens with zero attached hydrogens (tertiary/aromatic N) is 3. The largest absolute Gasteiger partial charge is 0.381 e. The summed E-state index contributed by atoms with van der Waals surface area (Å²) in [6, 6.07) is 2.76. The summed E-state index contributed by atoms with van der Waals surface area (Å²) in [6.45, 7) is 2.29. The Morgan fingerprint density at radius 3 is 3.05 bits per heavy atom. The number of hydrazine groups is 1. The summed E-state index contributed by atoms with van der Waals surface area (Å²) in [4.78, 5) is 16.6. The van der Waals surface area contributed by atoms with Crippen molar-refractivity contribution >= 4 is 17.3 Å². The van der Waals surface area contributed by atoms with Crippen LogP contribution in [0.5, 0.6) is 0 Å². The van der Waals surface area contributed by atoms with Crippen molar-refractivity contribution in [2.75, 3.05) is 37.1 Å². The van der Waals surface area contributed by atoms with Crippen LogP contribution in [0.15, 0.2) is 12.1 Å². The third-order valence-corrected chi connectivity index (χ3v) is 3.33. The summed E-state index contributed by atoms with van der Waals surface area (Å²) >= 11 is 0. The van der Waals surface area contributed by atoms with Crippen LogP contribution in [0.25, 0.3) is 0 Å². The van der Waals surface area contributed by atoms with Gasteiger partial charge < -0.3 is 15.1 Å². The second kappa shape index (κ2) is 6.49. The van der Waals surface area contributed by atoms with E-state index in [2.05, 4.69) is 10.4 Å². The molecule has 1 aromatic heterocycles. The molecule has 1 saturated heterocycles. The van der Waals surface area contributed by atoms with Crippen LogP contribution in [0.2, 0.25) is 0 Å². The van der Waals surface area contributed by atoms with Crippen LogP contribution in [0, 0.1) is 16.0 Å². The molecule has 110 valence electrons. The molecule has 1 atom stereocenters. The number of nitrogen functional groups attached to an aromatic ring is 1. The molecular formula is C12H19N5O3. The van der Waals surface area contributed by atoms with Gasteiger partial charge in [0.2, 0.25) is 0 Å². The Balaban J connectivity index is 2.13. The molecule has 0 radical (unpaired) electrons. The summed E-state index contributed by atoms with van der Waals surface area (Å²) in [5, 5.41) is 10.9. The van der Waals surface area contributed by atoms with Gasteiger partial charge in [0.1, 0.15) is 11.6 Å². The molecule has 3 N–H and O–H groups in total. The highest BCUT2D eigenvalue weighted by atomic mass is 16.6. The minimum absolute atomic E-state index is 0.0327. The van der Waals surface area contributed by atoms with Gasteiger partial charge in [-0.2, -0.15) is 0 Å². The van der Waals surface area contributed by atoms with Gasteiger partial charge in [0.25, 0.3) is 5.69 Å². The molecule has 0 saturated carbocycles. The van der Waals surface area contributed by atoms with E-state index in [1.54, 1.807) is 0 Å². The predicted octanol–water partition coefficient (Wildman–Crippen LogP) is 1.14. The summed E-state index contributed by atoms with van der Waals surface area (Å²) in [7, 11) is 1.86. The van der Waals surface area contributed by atoms with Crippen molar-refractivity contribution in [3.63, 3.8) is 0 Å². The zero-order valence-electron chi connectivity index (χ0n) is 11.4. The molecule has 20 heavy (non-hydrogen) atoms. The topological polar surface area (TPSA) is 107 Å². The van der Waals surface area contributed by atoms with E-state index >= 15 is 0 Å². The van der Waals surface area contributed by atoms with Crippen molar-refractivity contribution in [3.8, 4) is 0 Å². The van der Waals surface area contributed by atoms with Crippen LogP contribution >= 0.6 is 0 Å². The Labute approximate surface area is 117 Å². The summed E-state index contributed by atoms with van der Waals surface area (Å²) in [5.74, 6) is 6.52. The molecule has 1 unspecified atom stereocenters. The highest BCUT2D eigenvalue weighted by Crippen LogP contribution is 2.24. The SMILES string of the molecule is CN(CC1CCCOC1)c1cc([N+](=O)[O-])cc(NN)n1. The number of aromatic nitrogens is 1. The summed E-state index contributed by atoms with van der Waals surface area (Å²) in [6.07, 6.45) is 2.15. The first kappa shape index (κ1) is 14.5. The molecule has 1 fully saturated rings. The molecule has 0 spiro atoms. The van der Waals surface area contributed by atoms with Gasteiger partial charge in [-0.15, -0.1) is 0 Å². The standard InChI is InChI=1S/C12H19N5O3/c1-16(7-9-3-2-4-20-8-9)12-6-10(17(18)19)5-11(14-12)15-13/h5-6,9H,2-4,7-8,13H2,1H3,(H,14,15). The number of nitrogens with two attached hydrogens (primary N) is 1.